The summed E-state index contributed by atoms with van der Waals surface area (Å²) < 4.78 is 2.46. The average molecular weight is 419 g/mol. The van der Waals surface area contributed by atoms with Crippen LogP contribution in [0.4, 0.5) is 0 Å². The van der Waals surface area contributed by atoms with Crippen LogP contribution >= 0.6 is 45.7 Å². The predicted molar refractivity (Wildman–Crippen MR) is 77.7 cm³/mol. The summed E-state index contributed by atoms with van der Waals surface area (Å²) in [7, 11) is 0. The van der Waals surface area contributed by atoms with E-state index in [1.165, 1.54) is 51.4 Å². The molecule has 0 N–H and O–H groups in total. The molecular formula is C11H19I2N. The van der Waals surface area contributed by atoms with Crippen molar-refractivity contribution in [2.45, 2.75) is 63.8 Å². The SMILES string of the molecule is CC12CCCCC(N(I)I)(CCC1)C2. The van der Waals surface area contributed by atoms with E-state index in [0.29, 0.717) is 11.0 Å². The first-order chi connectivity index (χ1) is 6.56. The second-order valence-electron chi connectivity index (χ2n) is 5.51. The highest BCUT2D eigenvalue weighted by Crippen LogP contribution is 2.53. The van der Waals surface area contributed by atoms with Crippen molar-refractivity contribution in [1.29, 1.82) is 0 Å². The summed E-state index contributed by atoms with van der Waals surface area (Å²) in [4.78, 5) is 0. The van der Waals surface area contributed by atoms with Gasteiger partial charge >= 0.3 is 0 Å². The second kappa shape index (κ2) is 4.35. The zero-order chi connectivity index (χ0) is 10.2. The summed E-state index contributed by atoms with van der Waals surface area (Å²) >= 11 is 5.00. The van der Waals surface area contributed by atoms with Gasteiger partial charge in [-0.05, 0) is 37.5 Å². The van der Waals surface area contributed by atoms with Crippen molar-refractivity contribution in [3.8, 4) is 0 Å². The molecule has 82 valence electrons. The summed E-state index contributed by atoms with van der Waals surface area (Å²) in [5.74, 6) is 0. The number of hydrogen-bond acceptors (Lipinski definition) is 1. The summed E-state index contributed by atoms with van der Waals surface area (Å²) in [6, 6.07) is 0. The van der Waals surface area contributed by atoms with Crippen molar-refractivity contribution in [2.75, 3.05) is 0 Å². The van der Waals surface area contributed by atoms with Gasteiger partial charge in [0.15, 0.2) is 0 Å². The van der Waals surface area contributed by atoms with Crippen molar-refractivity contribution in [3.63, 3.8) is 0 Å². The standard InChI is InChI=1S/C11H19I2N/c1-10-5-2-3-7-11(9-10,14(12)13)8-4-6-10/h2-9H2,1H3. The highest BCUT2D eigenvalue weighted by Gasteiger charge is 2.45. The molecule has 2 aliphatic rings. The van der Waals surface area contributed by atoms with E-state index in [2.05, 4.69) is 54.0 Å². The fraction of sp³-hybridized carbons (Fsp3) is 1.00. The normalized spacial score (nSPS) is 43.7. The van der Waals surface area contributed by atoms with Gasteiger partial charge in [-0.1, -0.05) is 26.2 Å². The van der Waals surface area contributed by atoms with Crippen LogP contribution in [0.2, 0.25) is 0 Å². The monoisotopic (exact) mass is 419 g/mol. The van der Waals surface area contributed by atoms with Gasteiger partial charge in [-0.3, -0.25) is 0 Å². The maximum atomic E-state index is 2.52. The van der Waals surface area contributed by atoms with Crippen LogP contribution in [0.3, 0.4) is 0 Å². The van der Waals surface area contributed by atoms with E-state index in [-0.39, 0.29) is 0 Å². The Hall–Kier alpha value is 1.42. The van der Waals surface area contributed by atoms with Gasteiger partial charge in [0.1, 0.15) is 0 Å². The zero-order valence-electron chi connectivity index (χ0n) is 8.86. The number of nitrogens with zero attached hydrogens (tertiary/aromatic N) is 1. The largest absolute Gasteiger partial charge is 0.182 e. The van der Waals surface area contributed by atoms with Crippen molar-refractivity contribution in [1.82, 2.24) is 1.33 Å². The van der Waals surface area contributed by atoms with Gasteiger partial charge in [0.25, 0.3) is 0 Å². The topological polar surface area (TPSA) is 3.24 Å². The molecule has 14 heavy (non-hydrogen) atoms. The van der Waals surface area contributed by atoms with E-state index in [1.54, 1.807) is 0 Å². The van der Waals surface area contributed by atoms with Gasteiger partial charge in [-0.15, -0.1) is 0 Å². The number of rotatable bonds is 1. The molecule has 2 atom stereocenters. The zero-order valence-corrected chi connectivity index (χ0v) is 13.2. The quantitative estimate of drug-likeness (QED) is 0.433. The minimum absolute atomic E-state index is 0.532. The van der Waals surface area contributed by atoms with E-state index in [9.17, 15) is 0 Å². The summed E-state index contributed by atoms with van der Waals surface area (Å²) in [6.45, 7) is 2.52. The van der Waals surface area contributed by atoms with Gasteiger partial charge in [-0.2, -0.15) is 1.33 Å². The third-order valence-corrected chi connectivity index (χ3v) is 6.26. The van der Waals surface area contributed by atoms with E-state index in [0.717, 1.165) is 0 Å². The average Bonchev–Trinajstić information content (AvgIpc) is 2.23. The van der Waals surface area contributed by atoms with Crippen molar-refractivity contribution in [3.05, 3.63) is 0 Å². The number of fused-ring (bicyclic) bond motifs is 2. The molecular weight excluding hydrogens is 400 g/mol. The Kier molecular flexibility index (Phi) is 3.70. The molecule has 0 spiro atoms. The van der Waals surface area contributed by atoms with Crippen molar-refractivity contribution >= 4 is 45.7 Å². The molecule has 2 unspecified atom stereocenters. The van der Waals surface area contributed by atoms with Crippen LogP contribution < -0.4 is 0 Å². The minimum atomic E-state index is 0.532. The molecule has 0 aromatic heterocycles. The molecule has 0 amide bonds. The van der Waals surface area contributed by atoms with E-state index >= 15 is 0 Å². The second-order valence-corrected chi connectivity index (χ2v) is 9.28. The highest BCUT2D eigenvalue weighted by molar-refractivity contribution is 14.2. The van der Waals surface area contributed by atoms with Gasteiger partial charge in [0.05, 0.1) is 0 Å². The van der Waals surface area contributed by atoms with Crippen LogP contribution in [-0.2, 0) is 0 Å². The lowest BCUT2D eigenvalue weighted by Crippen LogP contribution is -2.44. The van der Waals surface area contributed by atoms with Gasteiger partial charge in [0, 0.05) is 51.3 Å². The highest BCUT2D eigenvalue weighted by atomic mass is 127. The fourth-order valence-corrected chi connectivity index (χ4v) is 4.78. The molecule has 2 saturated carbocycles. The van der Waals surface area contributed by atoms with Crippen LogP contribution in [0.25, 0.3) is 0 Å². The van der Waals surface area contributed by atoms with E-state index < -0.39 is 0 Å². The van der Waals surface area contributed by atoms with Crippen LogP contribution in [0, 0.1) is 5.41 Å². The molecule has 0 aromatic carbocycles. The number of hydrogen-bond donors (Lipinski definition) is 0. The van der Waals surface area contributed by atoms with Gasteiger partial charge in [0.2, 0.25) is 0 Å². The summed E-state index contributed by atoms with van der Waals surface area (Å²) in [6.07, 6.45) is 11.6. The molecule has 2 fully saturated rings. The number of halogens is 2. The van der Waals surface area contributed by atoms with Gasteiger partial charge in [-0.25, -0.2) is 0 Å². The Morgan fingerprint density at radius 3 is 2.21 bits per heavy atom. The molecule has 0 radical (unpaired) electrons. The van der Waals surface area contributed by atoms with Crippen LogP contribution in [0.1, 0.15) is 58.3 Å². The Morgan fingerprint density at radius 2 is 1.50 bits per heavy atom. The first-order valence-electron chi connectivity index (χ1n) is 5.68. The van der Waals surface area contributed by atoms with Gasteiger partial charge < -0.3 is 0 Å². The Labute approximate surface area is 115 Å². The van der Waals surface area contributed by atoms with Crippen molar-refractivity contribution in [2.24, 2.45) is 5.41 Å². The predicted octanol–water partition coefficient (Wildman–Crippen LogP) is 4.88. The lowest BCUT2D eigenvalue weighted by atomic mass is 9.67. The lowest BCUT2D eigenvalue weighted by Gasteiger charge is -2.46. The molecule has 0 aliphatic heterocycles. The van der Waals surface area contributed by atoms with E-state index in [4.69, 9.17) is 0 Å². The Bertz CT molecular complexity index is 219. The van der Waals surface area contributed by atoms with Crippen LogP contribution in [0.15, 0.2) is 0 Å². The maximum Gasteiger partial charge on any atom is 0.0413 e. The first-order valence-corrected chi connectivity index (χ1v) is 7.61. The molecule has 2 aliphatic carbocycles. The summed E-state index contributed by atoms with van der Waals surface area (Å²) in [5.41, 5.74) is 1.19. The minimum Gasteiger partial charge on any atom is -0.182 e. The molecule has 0 saturated heterocycles. The fourth-order valence-electron chi connectivity index (χ4n) is 3.48. The molecule has 1 nitrogen and oxygen atoms in total. The van der Waals surface area contributed by atoms with Crippen molar-refractivity contribution < 1.29 is 0 Å². The molecule has 2 bridgehead atoms. The maximum absolute atomic E-state index is 2.52. The van der Waals surface area contributed by atoms with E-state index in [1.807, 2.05) is 0 Å². The lowest BCUT2D eigenvalue weighted by molar-refractivity contribution is 0.108. The molecule has 2 rings (SSSR count). The third-order valence-electron chi connectivity index (χ3n) is 4.21. The first kappa shape index (κ1) is 11.9. The Morgan fingerprint density at radius 1 is 0.929 bits per heavy atom. The van der Waals surface area contributed by atoms with Crippen LogP contribution in [0.5, 0.6) is 0 Å². The summed E-state index contributed by atoms with van der Waals surface area (Å²) in [5, 5.41) is 0. The smallest absolute Gasteiger partial charge is 0.0413 e. The third kappa shape index (κ3) is 2.24. The Balaban J connectivity index is 2.22. The van der Waals surface area contributed by atoms with Crippen LogP contribution in [-0.4, -0.2) is 6.87 Å². The molecule has 0 aromatic rings. The molecule has 0 heterocycles. The molecule has 3 heteroatoms.